The minimum atomic E-state index is 0.495. The summed E-state index contributed by atoms with van der Waals surface area (Å²) < 4.78 is 5.49. The Balaban J connectivity index is 2.08. The Morgan fingerprint density at radius 3 is 2.56 bits per heavy atom. The summed E-state index contributed by atoms with van der Waals surface area (Å²) in [6, 6.07) is 18.2. The number of nitrogens with zero attached hydrogens (tertiary/aromatic N) is 1. The van der Waals surface area contributed by atoms with E-state index in [-0.39, 0.29) is 0 Å². The molecule has 2 heteroatoms. The number of benzene rings is 2. The maximum atomic E-state index is 5.49. The van der Waals surface area contributed by atoms with Crippen LogP contribution in [0.2, 0.25) is 0 Å². The van der Waals surface area contributed by atoms with Crippen LogP contribution in [0.3, 0.4) is 0 Å². The Labute approximate surface area is 106 Å². The van der Waals surface area contributed by atoms with Gasteiger partial charge in [0, 0.05) is 5.56 Å². The number of hydrogen-bond acceptors (Lipinski definition) is 2. The van der Waals surface area contributed by atoms with Gasteiger partial charge in [-0.1, -0.05) is 48.5 Å². The average molecular weight is 235 g/mol. The molecule has 0 saturated heterocycles. The van der Waals surface area contributed by atoms with E-state index in [0.717, 1.165) is 22.5 Å². The van der Waals surface area contributed by atoms with Gasteiger partial charge in [-0.2, -0.15) is 0 Å². The summed E-state index contributed by atoms with van der Waals surface area (Å²) in [5.74, 6) is 0. The van der Waals surface area contributed by atoms with Crippen molar-refractivity contribution < 1.29 is 4.74 Å². The summed E-state index contributed by atoms with van der Waals surface area (Å²) in [4.78, 5) is 4.71. The van der Waals surface area contributed by atoms with Crippen molar-refractivity contribution in [2.45, 2.75) is 0 Å². The Bertz CT molecular complexity index is 600. The van der Waals surface area contributed by atoms with Crippen LogP contribution in [0.15, 0.2) is 65.9 Å². The van der Waals surface area contributed by atoms with Crippen LogP contribution in [-0.4, -0.2) is 12.3 Å². The first-order chi connectivity index (χ1) is 8.93. The van der Waals surface area contributed by atoms with Gasteiger partial charge in [-0.05, 0) is 17.7 Å². The molecule has 18 heavy (non-hydrogen) atoms. The molecule has 1 aliphatic rings. The van der Waals surface area contributed by atoms with E-state index >= 15 is 0 Å². The summed E-state index contributed by atoms with van der Waals surface area (Å²) in [6.45, 7) is 0.495. The van der Waals surface area contributed by atoms with E-state index < -0.39 is 0 Å². The third-order valence-corrected chi connectivity index (χ3v) is 2.86. The number of hydrogen-bond donors (Lipinski definition) is 0. The van der Waals surface area contributed by atoms with Crippen LogP contribution in [0.25, 0.3) is 6.08 Å². The Kier molecular flexibility index (Phi) is 2.92. The molecule has 0 bridgehead atoms. The highest BCUT2D eigenvalue weighted by atomic mass is 16.5. The Hall–Kier alpha value is -2.35. The predicted octanol–water partition coefficient (Wildman–Crippen LogP) is 3.81. The van der Waals surface area contributed by atoms with Crippen LogP contribution in [0.1, 0.15) is 11.1 Å². The largest absolute Gasteiger partial charge is 0.495 e. The lowest BCUT2D eigenvalue weighted by atomic mass is 10.1. The van der Waals surface area contributed by atoms with Crippen molar-refractivity contribution in [3.05, 3.63) is 72.0 Å². The second-order valence-corrected chi connectivity index (χ2v) is 4.10. The lowest BCUT2D eigenvalue weighted by Crippen LogP contribution is -2.09. The van der Waals surface area contributed by atoms with Gasteiger partial charge in [0.1, 0.15) is 6.61 Å². The molecular weight excluding hydrogens is 222 g/mol. The van der Waals surface area contributed by atoms with Crippen LogP contribution >= 0.6 is 0 Å². The maximum absolute atomic E-state index is 5.49. The molecule has 0 aromatic heterocycles. The molecular formula is C16H13NO. The molecule has 0 aliphatic carbocycles. The first-order valence-electron chi connectivity index (χ1n) is 5.94. The molecule has 0 amide bonds. The van der Waals surface area contributed by atoms with Gasteiger partial charge >= 0.3 is 0 Å². The van der Waals surface area contributed by atoms with E-state index in [1.165, 1.54) is 0 Å². The van der Waals surface area contributed by atoms with Crippen LogP contribution < -0.4 is 0 Å². The van der Waals surface area contributed by atoms with Crippen LogP contribution in [-0.2, 0) is 4.74 Å². The first-order valence-corrected chi connectivity index (χ1v) is 5.94. The highest BCUT2D eigenvalue weighted by molar-refractivity contribution is 6.03. The third kappa shape index (κ3) is 2.18. The van der Waals surface area contributed by atoms with Crippen molar-refractivity contribution in [1.82, 2.24) is 0 Å². The van der Waals surface area contributed by atoms with E-state index in [0.29, 0.717) is 6.61 Å². The summed E-state index contributed by atoms with van der Waals surface area (Å²) in [7, 11) is 0. The number of para-hydroxylation sites is 1. The third-order valence-electron chi connectivity index (χ3n) is 2.86. The predicted molar refractivity (Wildman–Crippen MR) is 74.1 cm³/mol. The van der Waals surface area contributed by atoms with Crippen LogP contribution in [0.5, 0.6) is 0 Å². The first kappa shape index (κ1) is 10.8. The van der Waals surface area contributed by atoms with E-state index in [1.54, 1.807) is 6.26 Å². The molecule has 1 heterocycles. The second-order valence-electron chi connectivity index (χ2n) is 4.10. The zero-order chi connectivity index (χ0) is 12.2. The molecule has 0 atom stereocenters. The number of aliphatic imine (C=N–C) groups is 1. The topological polar surface area (TPSA) is 21.6 Å². The summed E-state index contributed by atoms with van der Waals surface area (Å²) >= 11 is 0. The molecule has 1 aliphatic heterocycles. The number of ether oxygens (including phenoxy) is 1. The smallest absolute Gasteiger partial charge is 0.130 e. The van der Waals surface area contributed by atoms with Crippen molar-refractivity contribution in [3.63, 3.8) is 0 Å². The van der Waals surface area contributed by atoms with Crippen LogP contribution in [0.4, 0.5) is 5.69 Å². The van der Waals surface area contributed by atoms with Gasteiger partial charge in [0.25, 0.3) is 0 Å². The van der Waals surface area contributed by atoms with Crippen molar-refractivity contribution in [1.29, 1.82) is 0 Å². The van der Waals surface area contributed by atoms with Crippen molar-refractivity contribution in [2.24, 2.45) is 4.99 Å². The molecule has 2 aromatic rings. The molecule has 0 spiro atoms. The number of rotatable bonds is 1. The molecule has 88 valence electrons. The second kappa shape index (κ2) is 4.88. The van der Waals surface area contributed by atoms with E-state index in [2.05, 4.69) is 12.1 Å². The maximum Gasteiger partial charge on any atom is 0.130 e. The van der Waals surface area contributed by atoms with Crippen molar-refractivity contribution in [3.8, 4) is 0 Å². The van der Waals surface area contributed by atoms with Gasteiger partial charge in [-0.25, -0.2) is 4.99 Å². The Morgan fingerprint density at radius 1 is 0.889 bits per heavy atom. The van der Waals surface area contributed by atoms with E-state index in [1.807, 2.05) is 48.5 Å². The molecule has 0 unspecified atom stereocenters. The fourth-order valence-corrected chi connectivity index (χ4v) is 1.93. The normalized spacial score (nSPS) is 15.7. The minimum Gasteiger partial charge on any atom is -0.495 e. The molecule has 0 fully saturated rings. The van der Waals surface area contributed by atoms with Crippen molar-refractivity contribution >= 4 is 17.5 Å². The van der Waals surface area contributed by atoms with Gasteiger partial charge in [-0.15, -0.1) is 0 Å². The molecule has 0 radical (unpaired) electrons. The fraction of sp³-hybridized carbons (Fsp3) is 0.0625. The van der Waals surface area contributed by atoms with Gasteiger partial charge in [0.2, 0.25) is 0 Å². The minimum absolute atomic E-state index is 0.495. The lowest BCUT2D eigenvalue weighted by Gasteiger charge is -2.11. The molecule has 3 rings (SSSR count). The van der Waals surface area contributed by atoms with Gasteiger partial charge < -0.3 is 4.74 Å². The number of fused-ring (bicyclic) bond motifs is 1. The van der Waals surface area contributed by atoms with E-state index in [9.17, 15) is 0 Å². The monoisotopic (exact) mass is 235 g/mol. The average Bonchev–Trinajstić information content (AvgIpc) is 2.41. The summed E-state index contributed by atoms with van der Waals surface area (Å²) in [6.07, 6.45) is 3.68. The zero-order valence-corrected chi connectivity index (χ0v) is 9.91. The van der Waals surface area contributed by atoms with Crippen LogP contribution in [0, 0.1) is 0 Å². The van der Waals surface area contributed by atoms with Crippen molar-refractivity contribution in [2.75, 3.05) is 6.61 Å². The zero-order valence-electron chi connectivity index (χ0n) is 9.91. The van der Waals surface area contributed by atoms with E-state index in [4.69, 9.17) is 9.73 Å². The highest BCUT2D eigenvalue weighted by Gasteiger charge is 2.07. The molecule has 0 saturated carbocycles. The standard InChI is InChI=1S/C16H13NO/c1-2-6-13(7-3-1)16-12-18-11-10-14-8-4-5-9-15(14)17-16/h1-11H,12H2/b11-10-,17-16?. The quantitative estimate of drug-likeness (QED) is 0.736. The van der Waals surface area contributed by atoms with Gasteiger partial charge in [0.05, 0.1) is 17.7 Å². The Morgan fingerprint density at radius 2 is 1.67 bits per heavy atom. The molecule has 2 aromatic carbocycles. The summed E-state index contributed by atoms with van der Waals surface area (Å²) in [5.41, 5.74) is 4.11. The highest BCUT2D eigenvalue weighted by Crippen LogP contribution is 2.23. The summed E-state index contributed by atoms with van der Waals surface area (Å²) in [5, 5.41) is 0. The molecule has 2 nitrogen and oxygen atoms in total. The van der Waals surface area contributed by atoms with Gasteiger partial charge in [-0.3, -0.25) is 0 Å². The lowest BCUT2D eigenvalue weighted by molar-refractivity contribution is 0.305. The SMILES string of the molecule is C1=C\c2ccccc2N=C(c2ccccc2)CO/1. The fourth-order valence-electron chi connectivity index (χ4n) is 1.93. The van der Waals surface area contributed by atoms with Gasteiger partial charge in [0.15, 0.2) is 0 Å². The molecule has 0 N–H and O–H groups in total.